The molecule has 1 aromatic heterocycles. The van der Waals surface area contributed by atoms with Crippen molar-refractivity contribution in [2.45, 2.75) is 0 Å². The summed E-state index contributed by atoms with van der Waals surface area (Å²) >= 11 is 5.97. The lowest BCUT2D eigenvalue weighted by molar-refractivity contribution is 0.632. The first-order valence-electron chi connectivity index (χ1n) is 5.28. The molecule has 0 aliphatic rings. The predicted octanol–water partition coefficient (Wildman–Crippen LogP) is 4.34. The Morgan fingerprint density at radius 3 is 2.65 bits per heavy atom. The molecule has 84 valence electrons. The lowest BCUT2D eigenvalue weighted by Crippen LogP contribution is -1.88. The third-order valence-corrected chi connectivity index (χ3v) is 2.94. The molecule has 0 saturated heterocycles. The molecule has 3 heteroatoms. The summed E-state index contributed by atoms with van der Waals surface area (Å²) in [6.07, 6.45) is 0. The van der Waals surface area contributed by atoms with Crippen molar-refractivity contribution < 1.29 is 4.42 Å². The molecule has 0 fully saturated rings. The van der Waals surface area contributed by atoms with Crippen LogP contribution >= 0.6 is 11.6 Å². The Labute approximate surface area is 104 Å². The third-order valence-electron chi connectivity index (χ3n) is 2.71. The number of benzene rings is 2. The Morgan fingerprint density at radius 1 is 1.00 bits per heavy atom. The first-order valence-corrected chi connectivity index (χ1v) is 5.66. The number of rotatable bonds is 1. The van der Waals surface area contributed by atoms with Crippen LogP contribution in [0.1, 0.15) is 0 Å². The lowest BCUT2D eigenvalue weighted by Gasteiger charge is -2.02. The van der Waals surface area contributed by atoms with Crippen molar-refractivity contribution in [2.24, 2.45) is 0 Å². The highest BCUT2D eigenvalue weighted by Crippen LogP contribution is 2.32. The normalized spacial score (nSPS) is 10.9. The molecular formula is C14H10ClNO. The molecule has 0 aliphatic heterocycles. The van der Waals surface area contributed by atoms with Gasteiger partial charge in [0, 0.05) is 21.7 Å². The number of para-hydroxylation sites is 1. The van der Waals surface area contributed by atoms with Crippen molar-refractivity contribution in [3.05, 3.63) is 53.6 Å². The minimum absolute atomic E-state index is 0.648. The minimum atomic E-state index is 0.648. The van der Waals surface area contributed by atoms with Gasteiger partial charge in [-0.2, -0.15) is 0 Å². The number of anilines is 1. The second kappa shape index (κ2) is 3.82. The van der Waals surface area contributed by atoms with E-state index in [1.54, 1.807) is 12.1 Å². The maximum Gasteiger partial charge on any atom is 0.137 e. The van der Waals surface area contributed by atoms with E-state index in [1.165, 1.54) is 0 Å². The second-order valence-electron chi connectivity index (χ2n) is 3.88. The fourth-order valence-electron chi connectivity index (χ4n) is 1.86. The maximum absolute atomic E-state index is 5.97. The summed E-state index contributed by atoms with van der Waals surface area (Å²) in [6.45, 7) is 0. The summed E-state index contributed by atoms with van der Waals surface area (Å²) in [7, 11) is 0. The Hall–Kier alpha value is -1.93. The zero-order chi connectivity index (χ0) is 11.8. The highest BCUT2D eigenvalue weighted by atomic mass is 35.5. The van der Waals surface area contributed by atoms with Crippen LogP contribution in [-0.2, 0) is 0 Å². The van der Waals surface area contributed by atoms with E-state index in [-0.39, 0.29) is 0 Å². The molecule has 2 N–H and O–H groups in total. The summed E-state index contributed by atoms with van der Waals surface area (Å²) in [5.41, 5.74) is 8.26. The van der Waals surface area contributed by atoms with Crippen molar-refractivity contribution in [2.75, 3.05) is 5.73 Å². The molecule has 1 heterocycles. The molecule has 17 heavy (non-hydrogen) atoms. The van der Waals surface area contributed by atoms with Gasteiger partial charge in [-0.25, -0.2) is 0 Å². The Morgan fingerprint density at radius 2 is 1.82 bits per heavy atom. The van der Waals surface area contributed by atoms with Crippen LogP contribution in [0.5, 0.6) is 0 Å². The molecule has 0 amide bonds. The van der Waals surface area contributed by atoms with Crippen LogP contribution in [0.4, 0.5) is 5.69 Å². The number of furan rings is 1. The highest BCUT2D eigenvalue weighted by molar-refractivity contribution is 6.31. The summed E-state index contributed by atoms with van der Waals surface area (Å²) in [5.74, 6) is 0.742. The maximum atomic E-state index is 5.97. The molecular weight excluding hydrogens is 234 g/mol. The molecule has 2 aromatic carbocycles. The molecule has 3 rings (SSSR count). The molecule has 3 aromatic rings. The lowest BCUT2D eigenvalue weighted by atomic mass is 10.1. The van der Waals surface area contributed by atoms with Crippen molar-refractivity contribution in [1.29, 1.82) is 0 Å². The van der Waals surface area contributed by atoms with Gasteiger partial charge in [0.1, 0.15) is 11.3 Å². The SMILES string of the molecule is Nc1ccc(Cl)cc1-c1cc2ccccc2o1. The van der Waals surface area contributed by atoms with E-state index < -0.39 is 0 Å². The van der Waals surface area contributed by atoms with Gasteiger partial charge >= 0.3 is 0 Å². The Balaban J connectivity index is 2.23. The van der Waals surface area contributed by atoms with Crippen LogP contribution in [0.3, 0.4) is 0 Å². The fourth-order valence-corrected chi connectivity index (χ4v) is 2.03. The molecule has 0 unspecified atom stereocenters. The quantitative estimate of drug-likeness (QED) is 0.646. The smallest absolute Gasteiger partial charge is 0.137 e. The minimum Gasteiger partial charge on any atom is -0.456 e. The van der Waals surface area contributed by atoms with Gasteiger partial charge < -0.3 is 10.2 Å². The first-order chi connectivity index (χ1) is 8.24. The van der Waals surface area contributed by atoms with Gasteiger partial charge in [0.15, 0.2) is 0 Å². The second-order valence-corrected chi connectivity index (χ2v) is 4.32. The number of hydrogen-bond donors (Lipinski definition) is 1. The number of nitrogen functional groups attached to an aromatic ring is 1. The van der Waals surface area contributed by atoms with E-state index in [2.05, 4.69) is 0 Å². The van der Waals surface area contributed by atoms with E-state index in [9.17, 15) is 0 Å². The molecule has 0 atom stereocenters. The summed E-state index contributed by atoms with van der Waals surface area (Å²) in [5, 5.41) is 1.71. The number of halogens is 1. The van der Waals surface area contributed by atoms with Gasteiger partial charge in [0.2, 0.25) is 0 Å². The van der Waals surface area contributed by atoms with Crippen LogP contribution in [0.15, 0.2) is 52.9 Å². The van der Waals surface area contributed by atoms with Crippen LogP contribution in [0.25, 0.3) is 22.3 Å². The third kappa shape index (κ3) is 1.77. The topological polar surface area (TPSA) is 39.2 Å². The average molecular weight is 244 g/mol. The standard InChI is InChI=1S/C14H10ClNO/c15-10-5-6-12(16)11(8-10)14-7-9-3-1-2-4-13(9)17-14/h1-8H,16H2. The van der Waals surface area contributed by atoms with Crippen LogP contribution in [0, 0.1) is 0 Å². The first kappa shape index (κ1) is 10.2. The van der Waals surface area contributed by atoms with Gasteiger partial charge in [-0.3, -0.25) is 0 Å². The van der Waals surface area contributed by atoms with Crippen molar-refractivity contribution in [3.63, 3.8) is 0 Å². The molecule has 0 spiro atoms. The van der Waals surface area contributed by atoms with Crippen molar-refractivity contribution in [1.82, 2.24) is 0 Å². The molecule has 2 nitrogen and oxygen atoms in total. The van der Waals surface area contributed by atoms with E-state index in [4.69, 9.17) is 21.8 Å². The van der Waals surface area contributed by atoms with E-state index in [1.807, 2.05) is 36.4 Å². The van der Waals surface area contributed by atoms with E-state index in [0.717, 1.165) is 22.3 Å². The van der Waals surface area contributed by atoms with E-state index in [0.29, 0.717) is 10.7 Å². The summed E-state index contributed by atoms with van der Waals surface area (Å²) < 4.78 is 5.75. The molecule has 0 aliphatic carbocycles. The van der Waals surface area contributed by atoms with E-state index >= 15 is 0 Å². The summed E-state index contributed by atoms with van der Waals surface area (Å²) in [6, 6.07) is 15.2. The fraction of sp³-hybridized carbons (Fsp3) is 0. The van der Waals surface area contributed by atoms with Crippen LogP contribution in [0.2, 0.25) is 5.02 Å². The molecule has 0 saturated carbocycles. The predicted molar refractivity (Wildman–Crippen MR) is 71.1 cm³/mol. The average Bonchev–Trinajstić information content (AvgIpc) is 2.75. The van der Waals surface area contributed by atoms with Gasteiger partial charge in [-0.05, 0) is 30.3 Å². The van der Waals surface area contributed by atoms with Gasteiger partial charge in [-0.15, -0.1) is 0 Å². The number of fused-ring (bicyclic) bond motifs is 1. The zero-order valence-corrected chi connectivity index (χ0v) is 9.74. The Bertz CT molecular complexity index is 655. The number of nitrogens with two attached hydrogens (primary N) is 1. The summed E-state index contributed by atoms with van der Waals surface area (Å²) in [4.78, 5) is 0. The van der Waals surface area contributed by atoms with Crippen molar-refractivity contribution in [3.8, 4) is 11.3 Å². The zero-order valence-electron chi connectivity index (χ0n) is 8.98. The number of hydrogen-bond acceptors (Lipinski definition) is 2. The monoisotopic (exact) mass is 243 g/mol. The highest BCUT2D eigenvalue weighted by Gasteiger charge is 2.09. The Kier molecular flexibility index (Phi) is 2.30. The largest absolute Gasteiger partial charge is 0.456 e. The van der Waals surface area contributed by atoms with Gasteiger partial charge in [-0.1, -0.05) is 29.8 Å². The molecule has 0 bridgehead atoms. The van der Waals surface area contributed by atoms with Gasteiger partial charge in [0.05, 0.1) is 0 Å². The van der Waals surface area contributed by atoms with Crippen LogP contribution in [-0.4, -0.2) is 0 Å². The van der Waals surface area contributed by atoms with Crippen LogP contribution < -0.4 is 5.73 Å². The van der Waals surface area contributed by atoms with Gasteiger partial charge in [0.25, 0.3) is 0 Å². The molecule has 0 radical (unpaired) electrons. The van der Waals surface area contributed by atoms with Crippen molar-refractivity contribution >= 4 is 28.3 Å².